The first-order valence-electron chi connectivity index (χ1n) is 3.63. The van der Waals surface area contributed by atoms with E-state index in [1.807, 2.05) is 11.4 Å². The molecule has 0 fully saturated rings. The van der Waals surface area contributed by atoms with E-state index in [1.54, 1.807) is 0 Å². The Morgan fingerprint density at radius 1 is 1.64 bits per heavy atom. The maximum Gasteiger partial charge on any atom is 0.439 e. The van der Waals surface area contributed by atoms with Crippen molar-refractivity contribution >= 4 is 23.7 Å². The van der Waals surface area contributed by atoms with E-state index in [0.29, 0.717) is 12.4 Å². The Kier molecular flexibility index (Phi) is 3.45. The normalized spacial score (nSPS) is 9.79. The third-order valence-electron chi connectivity index (χ3n) is 1.57. The SMILES string of the molecule is Cl.NCc1cc(-c2noc(=O)[nH]2)cs1. The Labute approximate surface area is 89.3 Å². The van der Waals surface area contributed by atoms with Crippen molar-refractivity contribution in [1.29, 1.82) is 0 Å². The molecule has 5 nitrogen and oxygen atoms in total. The number of nitrogens with one attached hydrogen (secondary N) is 1. The summed E-state index contributed by atoms with van der Waals surface area (Å²) in [6, 6.07) is 1.87. The number of halogens is 1. The van der Waals surface area contributed by atoms with E-state index in [4.69, 9.17) is 5.73 Å². The average Bonchev–Trinajstić information content (AvgIpc) is 2.71. The van der Waals surface area contributed by atoms with E-state index in [0.717, 1.165) is 10.4 Å². The van der Waals surface area contributed by atoms with Crippen LogP contribution >= 0.6 is 23.7 Å². The minimum Gasteiger partial charge on any atom is -0.326 e. The predicted octanol–water partition coefficient (Wildman–Crippen LogP) is 0.972. The molecule has 7 heteroatoms. The van der Waals surface area contributed by atoms with Crippen LogP contribution in [0.25, 0.3) is 11.4 Å². The van der Waals surface area contributed by atoms with E-state index in [9.17, 15) is 4.79 Å². The molecule has 0 aliphatic carbocycles. The van der Waals surface area contributed by atoms with Gasteiger partial charge in [0, 0.05) is 22.4 Å². The summed E-state index contributed by atoms with van der Waals surface area (Å²) in [4.78, 5) is 14.1. The van der Waals surface area contributed by atoms with Crippen LogP contribution < -0.4 is 11.5 Å². The smallest absolute Gasteiger partial charge is 0.326 e. The number of rotatable bonds is 2. The van der Waals surface area contributed by atoms with Gasteiger partial charge in [-0.15, -0.1) is 23.7 Å². The van der Waals surface area contributed by atoms with Crippen molar-refractivity contribution in [3.05, 3.63) is 26.9 Å². The summed E-state index contributed by atoms with van der Waals surface area (Å²) in [6.07, 6.45) is 0. The lowest BCUT2D eigenvalue weighted by Crippen LogP contribution is -1.94. The maximum atomic E-state index is 10.6. The summed E-state index contributed by atoms with van der Waals surface area (Å²) in [7, 11) is 0. The van der Waals surface area contributed by atoms with Gasteiger partial charge in [0.25, 0.3) is 0 Å². The van der Waals surface area contributed by atoms with Crippen molar-refractivity contribution in [3.8, 4) is 11.4 Å². The number of aromatic nitrogens is 2. The van der Waals surface area contributed by atoms with Crippen molar-refractivity contribution in [3.63, 3.8) is 0 Å². The molecule has 0 atom stereocenters. The van der Waals surface area contributed by atoms with Crippen LogP contribution in [-0.4, -0.2) is 10.1 Å². The number of hydrogen-bond donors (Lipinski definition) is 2. The van der Waals surface area contributed by atoms with Gasteiger partial charge in [0.05, 0.1) is 0 Å². The first-order valence-corrected chi connectivity index (χ1v) is 4.51. The fourth-order valence-electron chi connectivity index (χ4n) is 0.966. The Balaban J connectivity index is 0.000000980. The Bertz CT molecular complexity index is 461. The number of nitrogens with zero attached hydrogens (tertiary/aromatic N) is 1. The van der Waals surface area contributed by atoms with Crippen LogP contribution in [-0.2, 0) is 6.54 Å². The van der Waals surface area contributed by atoms with Gasteiger partial charge in [-0.25, -0.2) is 4.79 Å². The zero-order valence-electron chi connectivity index (χ0n) is 7.02. The van der Waals surface area contributed by atoms with Gasteiger partial charge >= 0.3 is 5.76 Å². The Morgan fingerprint density at radius 2 is 2.43 bits per heavy atom. The fourth-order valence-corrected chi connectivity index (χ4v) is 1.72. The molecule has 0 aliphatic rings. The zero-order chi connectivity index (χ0) is 9.26. The molecule has 0 aliphatic heterocycles. The van der Waals surface area contributed by atoms with Crippen LogP contribution in [0.1, 0.15) is 4.88 Å². The molecule has 2 rings (SSSR count). The quantitative estimate of drug-likeness (QED) is 0.810. The molecule has 2 aromatic rings. The molecule has 0 saturated heterocycles. The predicted molar refractivity (Wildman–Crippen MR) is 55.6 cm³/mol. The molecule has 0 radical (unpaired) electrons. The van der Waals surface area contributed by atoms with Crippen molar-refractivity contribution in [2.24, 2.45) is 5.73 Å². The fraction of sp³-hybridized carbons (Fsp3) is 0.143. The highest BCUT2D eigenvalue weighted by atomic mass is 35.5. The Hall–Kier alpha value is -1.11. The molecule has 0 amide bonds. The molecule has 2 aromatic heterocycles. The molecule has 0 unspecified atom stereocenters. The highest BCUT2D eigenvalue weighted by Gasteiger charge is 2.05. The molecule has 14 heavy (non-hydrogen) atoms. The summed E-state index contributed by atoms with van der Waals surface area (Å²) in [5.41, 5.74) is 6.27. The monoisotopic (exact) mass is 233 g/mol. The van der Waals surface area contributed by atoms with Gasteiger partial charge in [0.15, 0.2) is 5.82 Å². The number of aromatic amines is 1. The summed E-state index contributed by atoms with van der Waals surface area (Å²) in [5.74, 6) is -0.101. The van der Waals surface area contributed by atoms with E-state index < -0.39 is 5.76 Å². The molecule has 0 spiro atoms. The van der Waals surface area contributed by atoms with Crippen LogP contribution in [0.5, 0.6) is 0 Å². The lowest BCUT2D eigenvalue weighted by molar-refractivity contribution is 0.388. The Morgan fingerprint density at radius 3 is 2.93 bits per heavy atom. The third kappa shape index (κ3) is 2.03. The van der Waals surface area contributed by atoms with E-state index in [-0.39, 0.29) is 12.4 Å². The summed E-state index contributed by atoms with van der Waals surface area (Å²) in [6.45, 7) is 0.493. The minimum atomic E-state index is -0.546. The first-order chi connectivity index (χ1) is 6.29. The highest BCUT2D eigenvalue weighted by molar-refractivity contribution is 7.10. The standard InChI is InChI=1S/C7H7N3O2S.ClH/c8-2-5-1-4(3-13-5)6-9-7(11)12-10-6;/h1,3H,2,8H2,(H,9,10,11);1H. The number of H-pyrrole nitrogens is 1. The van der Waals surface area contributed by atoms with Crippen molar-refractivity contribution in [2.75, 3.05) is 0 Å². The molecule has 76 valence electrons. The second kappa shape index (κ2) is 4.41. The minimum absolute atomic E-state index is 0. The van der Waals surface area contributed by atoms with Gasteiger partial charge < -0.3 is 5.73 Å². The van der Waals surface area contributed by atoms with Crippen LogP contribution in [0.4, 0.5) is 0 Å². The second-order valence-electron chi connectivity index (χ2n) is 2.45. The molecular weight excluding hydrogens is 226 g/mol. The van der Waals surface area contributed by atoms with Crippen LogP contribution in [0.15, 0.2) is 20.8 Å². The molecule has 2 heterocycles. The van der Waals surface area contributed by atoms with Crippen molar-refractivity contribution < 1.29 is 4.52 Å². The molecule has 3 N–H and O–H groups in total. The van der Waals surface area contributed by atoms with E-state index in [1.165, 1.54) is 11.3 Å². The highest BCUT2D eigenvalue weighted by Crippen LogP contribution is 2.21. The van der Waals surface area contributed by atoms with E-state index >= 15 is 0 Å². The molecular formula is C7H8ClN3O2S. The van der Waals surface area contributed by atoms with Gasteiger partial charge in [0.1, 0.15) is 0 Å². The van der Waals surface area contributed by atoms with Crippen LogP contribution in [0.2, 0.25) is 0 Å². The second-order valence-corrected chi connectivity index (χ2v) is 3.45. The molecule has 0 saturated carbocycles. The van der Waals surface area contributed by atoms with Gasteiger partial charge in [-0.2, -0.15) is 0 Å². The van der Waals surface area contributed by atoms with Crippen LogP contribution in [0, 0.1) is 0 Å². The maximum absolute atomic E-state index is 10.6. The average molecular weight is 234 g/mol. The summed E-state index contributed by atoms with van der Waals surface area (Å²) < 4.78 is 4.37. The summed E-state index contributed by atoms with van der Waals surface area (Å²) >= 11 is 1.52. The van der Waals surface area contributed by atoms with Gasteiger partial charge in [-0.1, -0.05) is 5.16 Å². The van der Waals surface area contributed by atoms with Crippen LogP contribution in [0.3, 0.4) is 0 Å². The van der Waals surface area contributed by atoms with Gasteiger partial charge in [0.2, 0.25) is 0 Å². The largest absolute Gasteiger partial charge is 0.439 e. The van der Waals surface area contributed by atoms with E-state index in [2.05, 4.69) is 14.7 Å². The number of hydrogen-bond acceptors (Lipinski definition) is 5. The molecule has 0 bridgehead atoms. The number of nitrogens with two attached hydrogens (primary N) is 1. The summed E-state index contributed by atoms with van der Waals surface area (Å²) in [5, 5.41) is 5.43. The van der Waals surface area contributed by atoms with Crippen molar-refractivity contribution in [1.82, 2.24) is 10.1 Å². The lowest BCUT2D eigenvalue weighted by atomic mass is 10.3. The van der Waals surface area contributed by atoms with Gasteiger partial charge in [-0.05, 0) is 6.07 Å². The third-order valence-corrected chi connectivity index (χ3v) is 2.53. The zero-order valence-corrected chi connectivity index (χ0v) is 8.65. The van der Waals surface area contributed by atoms with Gasteiger partial charge in [-0.3, -0.25) is 9.51 Å². The number of thiophene rings is 1. The topological polar surface area (TPSA) is 84.9 Å². The first kappa shape index (κ1) is 11.0. The molecule has 0 aromatic carbocycles. The lowest BCUT2D eigenvalue weighted by Gasteiger charge is -1.84. The van der Waals surface area contributed by atoms with Crippen molar-refractivity contribution in [2.45, 2.75) is 6.54 Å².